The number of nitrogens with zero attached hydrogens (tertiary/aromatic N) is 4. The minimum atomic E-state index is -1.08. The van der Waals surface area contributed by atoms with Gasteiger partial charge in [0.25, 0.3) is 5.91 Å². The lowest BCUT2D eigenvalue weighted by atomic mass is 10.0. The van der Waals surface area contributed by atoms with E-state index < -0.39 is 5.97 Å². The van der Waals surface area contributed by atoms with Crippen molar-refractivity contribution in [2.45, 2.75) is 32.4 Å². The number of carboxylic acids is 1. The standard InChI is InChI=1S/C21H22Cl2N6O4S/c1-9-6-25-12(7-24-9)16-18(20(31)32)34-21(28-16)29-5-4-11(13(8-29)33-3)27-19(30)17-15(23)14(22)10(2)26-17/h6-7,11,13,26H,4-5,8H2,1-3H3,(H,27,30)(H,31,32). The van der Waals surface area contributed by atoms with Gasteiger partial charge in [0.15, 0.2) is 5.13 Å². The summed E-state index contributed by atoms with van der Waals surface area (Å²) in [5.41, 5.74) is 2.21. The predicted octanol–water partition coefficient (Wildman–Crippen LogP) is 3.57. The molecule has 13 heteroatoms. The first-order chi connectivity index (χ1) is 16.2. The van der Waals surface area contributed by atoms with E-state index in [2.05, 4.69) is 25.3 Å². The number of thiazole rings is 1. The molecule has 4 rings (SSSR count). The van der Waals surface area contributed by atoms with Crippen LogP contribution in [0.25, 0.3) is 11.4 Å². The minimum Gasteiger partial charge on any atom is -0.477 e. The van der Waals surface area contributed by atoms with E-state index in [0.717, 1.165) is 17.0 Å². The molecule has 0 saturated carbocycles. The van der Waals surface area contributed by atoms with E-state index in [1.807, 2.05) is 4.90 Å². The number of H-pyrrole nitrogens is 1. The molecular formula is C21H22Cl2N6O4S. The van der Waals surface area contributed by atoms with Crippen LogP contribution in [0.4, 0.5) is 5.13 Å². The number of aromatic carboxylic acids is 1. The van der Waals surface area contributed by atoms with Gasteiger partial charge in [-0.25, -0.2) is 9.78 Å². The lowest BCUT2D eigenvalue weighted by molar-refractivity contribution is 0.0540. The number of ether oxygens (including phenoxy) is 1. The van der Waals surface area contributed by atoms with Crippen LogP contribution >= 0.6 is 34.5 Å². The summed E-state index contributed by atoms with van der Waals surface area (Å²) in [6, 6.07) is -0.284. The Kier molecular flexibility index (Phi) is 7.08. The Balaban J connectivity index is 1.52. The van der Waals surface area contributed by atoms with E-state index in [1.165, 1.54) is 6.20 Å². The lowest BCUT2D eigenvalue weighted by Gasteiger charge is -2.37. The number of amides is 1. The van der Waals surface area contributed by atoms with E-state index in [-0.39, 0.29) is 39.3 Å². The highest BCUT2D eigenvalue weighted by molar-refractivity contribution is 7.17. The Morgan fingerprint density at radius 2 is 2.03 bits per heavy atom. The Morgan fingerprint density at radius 3 is 2.62 bits per heavy atom. The smallest absolute Gasteiger partial charge is 0.348 e. The number of nitrogens with one attached hydrogen (secondary N) is 2. The average molecular weight is 525 g/mol. The van der Waals surface area contributed by atoms with Crippen LogP contribution in [0.15, 0.2) is 12.4 Å². The van der Waals surface area contributed by atoms with Crippen LogP contribution < -0.4 is 10.2 Å². The van der Waals surface area contributed by atoms with E-state index in [1.54, 1.807) is 27.2 Å². The molecule has 2 atom stereocenters. The molecule has 2 unspecified atom stereocenters. The van der Waals surface area contributed by atoms with Crippen LogP contribution in [0.1, 0.15) is 38.0 Å². The third-order valence-electron chi connectivity index (χ3n) is 5.56. The van der Waals surface area contributed by atoms with Crippen molar-refractivity contribution in [3.63, 3.8) is 0 Å². The first-order valence-electron chi connectivity index (χ1n) is 10.3. The Bertz CT molecular complexity index is 1230. The highest BCUT2D eigenvalue weighted by Gasteiger charge is 2.34. The summed E-state index contributed by atoms with van der Waals surface area (Å²) in [7, 11) is 1.56. The van der Waals surface area contributed by atoms with Gasteiger partial charge < -0.3 is 25.0 Å². The second-order valence-electron chi connectivity index (χ2n) is 7.86. The molecule has 1 aliphatic heterocycles. The van der Waals surface area contributed by atoms with Crippen molar-refractivity contribution in [3.05, 3.63) is 44.4 Å². The summed E-state index contributed by atoms with van der Waals surface area (Å²) in [5.74, 6) is -1.45. The highest BCUT2D eigenvalue weighted by atomic mass is 35.5. The van der Waals surface area contributed by atoms with Gasteiger partial charge in [0.1, 0.15) is 22.0 Å². The minimum absolute atomic E-state index is 0.0891. The third-order valence-corrected chi connectivity index (χ3v) is 7.61. The second-order valence-corrected chi connectivity index (χ2v) is 9.60. The fourth-order valence-corrected chi connectivity index (χ4v) is 5.11. The molecule has 4 heterocycles. The van der Waals surface area contributed by atoms with Crippen LogP contribution in [0, 0.1) is 13.8 Å². The molecule has 34 heavy (non-hydrogen) atoms. The zero-order chi connectivity index (χ0) is 24.6. The number of aromatic amines is 1. The number of piperidine rings is 1. The van der Waals surface area contributed by atoms with Gasteiger partial charge in [0.05, 0.1) is 34.1 Å². The molecule has 3 aromatic heterocycles. The number of aromatic nitrogens is 4. The molecule has 0 aromatic carbocycles. The number of halogens is 2. The van der Waals surface area contributed by atoms with Crippen molar-refractivity contribution < 1.29 is 19.4 Å². The molecule has 1 fully saturated rings. The highest BCUT2D eigenvalue weighted by Crippen LogP contribution is 2.34. The topological polar surface area (TPSA) is 133 Å². The van der Waals surface area contributed by atoms with Gasteiger partial charge in [-0.15, -0.1) is 0 Å². The molecule has 180 valence electrons. The van der Waals surface area contributed by atoms with Crippen molar-refractivity contribution in [1.82, 2.24) is 25.3 Å². The fourth-order valence-electron chi connectivity index (χ4n) is 3.74. The summed E-state index contributed by atoms with van der Waals surface area (Å²) in [6.45, 7) is 4.48. The molecule has 0 aliphatic carbocycles. The van der Waals surface area contributed by atoms with Crippen LogP contribution in [0.5, 0.6) is 0 Å². The number of anilines is 1. The second kappa shape index (κ2) is 9.87. The van der Waals surface area contributed by atoms with E-state index >= 15 is 0 Å². The largest absolute Gasteiger partial charge is 0.477 e. The lowest BCUT2D eigenvalue weighted by Crippen LogP contribution is -2.55. The van der Waals surface area contributed by atoms with Crippen LogP contribution in [0.3, 0.4) is 0 Å². The number of aryl methyl sites for hydroxylation is 2. The summed E-state index contributed by atoms with van der Waals surface area (Å²) in [4.78, 5) is 42.6. The molecule has 0 spiro atoms. The molecule has 3 N–H and O–H groups in total. The summed E-state index contributed by atoms with van der Waals surface area (Å²) >= 11 is 13.3. The summed E-state index contributed by atoms with van der Waals surface area (Å²) in [6.07, 6.45) is 3.28. The number of methoxy groups -OCH3 is 1. The SMILES string of the molecule is COC1CN(c2nc(-c3cnc(C)cn3)c(C(=O)O)s2)CCC1NC(=O)c1[nH]c(C)c(Cl)c1Cl. The number of carbonyl (C=O) groups is 2. The Hall–Kier alpha value is -2.73. The number of hydrogen-bond donors (Lipinski definition) is 3. The normalized spacial score (nSPS) is 18.2. The van der Waals surface area contributed by atoms with Gasteiger partial charge in [-0.05, 0) is 20.3 Å². The first-order valence-corrected chi connectivity index (χ1v) is 11.9. The van der Waals surface area contributed by atoms with Gasteiger partial charge in [0, 0.05) is 32.1 Å². The number of hydrogen-bond acceptors (Lipinski definition) is 8. The number of rotatable bonds is 6. The molecule has 3 aromatic rings. The van der Waals surface area contributed by atoms with Crippen LogP contribution in [-0.2, 0) is 4.74 Å². The molecule has 1 saturated heterocycles. The molecule has 1 amide bonds. The molecular weight excluding hydrogens is 503 g/mol. The average Bonchev–Trinajstić information content (AvgIpc) is 3.37. The Labute approximate surface area is 209 Å². The third kappa shape index (κ3) is 4.74. The van der Waals surface area contributed by atoms with Crippen molar-refractivity contribution in [2.24, 2.45) is 0 Å². The Morgan fingerprint density at radius 1 is 1.26 bits per heavy atom. The van der Waals surface area contributed by atoms with Crippen molar-refractivity contribution in [1.29, 1.82) is 0 Å². The zero-order valence-corrected chi connectivity index (χ0v) is 20.9. The molecule has 0 radical (unpaired) electrons. The quantitative estimate of drug-likeness (QED) is 0.445. The van der Waals surface area contributed by atoms with Gasteiger partial charge in [-0.1, -0.05) is 34.5 Å². The summed E-state index contributed by atoms with van der Waals surface area (Å²) in [5, 5.41) is 13.7. The number of carbonyl (C=O) groups excluding carboxylic acids is 1. The van der Waals surface area contributed by atoms with Gasteiger partial charge in [0.2, 0.25) is 0 Å². The fraction of sp³-hybridized carbons (Fsp3) is 0.381. The maximum atomic E-state index is 12.8. The van der Waals surface area contributed by atoms with Gasteiger partial charge in [-0.2, -0.15) is 0 Å². The number of carboxylic acid groups (broad SMARTS) is 1. The van der Waals surface area contributed by atoms with Crippen molar-refractivity contribution in [3.8, 4) is 11.4 Å². The first kappa shape index (κ1) is 24.4. The molecule has 0 bridgehead atoms. The maximum absolute atomic E-state index is 12.8. The maximum Gasteiger partial charge on any atom is 0.348 e. The van der Waals surface area contributed by atoms with Crippen LogP contribution in [-0.4, -0.2) is 69.3 Å². The van der Waals surface area contributed by atoms with Crippen LogP contribution in [0.2, 0.25) is 10.0 Å². The van der Waals surface area contributed by atoms with Gasteiger partial charge in [-0.3, -0.25) is 14.8 Å². The van der Waals surface area contributed by atoms with E-state index in [0.29, 0.717) is 41.1 Å². The summed E-state index contributed by atoms with van der Waals surface area (Å²) < 4.78 is 5.65. The molecule has 10 nitrogen and oxygen atoms in total. The zero-order valence-electron chi connectivity index (χ0n) is 18.6. The van der Waals surface area contributed by atoms with Crippen molar-refractivity contribution in [2.75, 3.05) is 25.1 Å². The monoisotopic (exact) mass is 524 g/mol. The predicted molar refractivity (Wildman–Crippen MR) is 129 cm³/mol. The van der Waals surface area contributed by atoms with Crippen molar-refractivity contribution >= 4 is 51.5 Å². The van der Waals surface area contributed by atoms with Gasteiger partial charge >= 0.3 is 5.97 Å². The molecule has 1 aliphatic rings. The van der Waals surface area contributed by atoms with E-state index in [9.17, 15) is 14.7 Å². The van der Waals surface area contributed by atoms with E-state index in [4.69, 9.17) is 27.9 Å².